The summed E-state index contributed by atoms with van der Waals surface area (Å²) in [7, 11) is 0. The van der Waals surface area contributed by atoms with Crippen LogP contribution in [0.4, 0.5) is 33.2 Å². The SMILES string of the molecule is Fc1ccc(Nc2nccc(Nc3ccc(N4CCCCC4)cc3)n2)cc1. The first-order valence-electron chi connectivity index (χ1n) is 9.24. The Hall–Kier alpha value is -3.15. The molecular weight excluding hydrogens is 341 g/mol. The van der Waals surface area contributed by atoms with E-state index < -0.39 is 0 Å². The minimum atomic E-state index is -0.273. The van der Waals surface area contributed by atoms with Crippen molar-refractivity contribution in [2.75, 3.05) is 28.6 Å². The Morgan fingerprint density at radius 1 is 0.778 bits per heavy atom. The zero-order valence-corrected chi connectivity index (χ0v) is 15.0. The molecule has 1 aromatic heterocycles. The summed E-state index contributed by atoms with van der Waals surface area (Å²) in [5, 5.41) is 6.37. The van der Waals surface area contributed by atoms with Gasteiger partial charge in [0, 0.05) is 36.3 Å². The highest BCUT2D eigenvalue weighted by Gasteiger charge is 2.10. The van der Waals surface area contributed by atoms with Gasteiger partial charge in [0.2, 0.25) is 5.95 Å². The summed E-state index contributed by atoms with van der Waals surface area (Å²) in [4.78, 5) is 11.1. The third kappa shape index (κ3) is 4.53. The van der Waals surface area contributed by atoms with Crippen molar-refractivity contribution in [2.45, 2.75) is 19.3 Å². The van der Waals surface area contributed by atoms with E-state index in [1.165, 1.54) is 37.1 Å². The van der Waals surface area contributed by atoms with Crippen LogP contribution in [-0.4, -0.2) is 23.1 Å². The number of aromatic nitrogens is 2. The minimum Gasteiger partial charge on any atom is -0.372 e. The third-order valence-corrected chi connectivity index (χ3v) is 4.62. The Bertz CT molecular complexity index is 874. The second-order valence-corrected chi connectivity index (χ2v) is 6.62. The molecule has 0 atom stereocenters. The van der Waals surface area contributed by atoms with Gasteiger partial charge in [0.15, 0.2) is 0 Å². The lowest BCUT2D eigenvalue weighted by Gasteiger charge is -2.28. The smallest absolute Gasteiger partial charge is 0.229 e. The fourth-order valence-corrected chi connectivity index (χ4v) is 3.21. The van der Waals surface area contributed by atoms with E-state index in [-0.39, 0.29) is 5.82 Å². The molecule has 138 valence electrons. The summed E-state index contributed by atoms with van der Waals surface area (Å²) >= 11 is 0. The lowest BCUT2D eigenvalue weighted by atomic mass is 10.1. The second kappa shape index (κ2) is 8.03. The van der Waals surface area contributed by atoms with E-state index in [0.29, 0.717) is 11.8 Å². The average molecular weight is 363 g/mol. The first-order chi connectivity index (χ1) is 13.3. The van der Waals surface area contributed by atoms with Crippen molar-refractivity contribution >= 4 is 28.8 Å². The van der Waals surface area contributed by atoms with Crippen LogP contribution in [0.15, 0.2) is 60.8 Å². The van der Waals surface area contributed by atoms with Gasteiger partial charge in [0.05, 0.1) is 0 Å². The van der Waals surface area contributed by atoms with Crippen molar-refractivity contribution in [3.05, 3.63) is 66.6 Å². The van der Waals surface area contributed by atoms with Crippen molar-refractivity contribution < 1.29 is 4.39 Å². The molecule has 0 unspecified atom stereocenters. The van der Waals surface area contributed by atoms with Gasteiger partial charge in [-0.25, -0.2) is 9.37 Å². The molecule has 3 aromatic rings. The Labute approximate surface area is 158 Å². The lowest BCUT2D eigenvalue weighted by Crippen LogP contribution is -2.29. The van der Waals surface area contributed by atoms with Crippen molar-refractivity contribution in [3.63, 3.8) is 0 Å². The second-order valence-electron chi connectivity index (χ2n) is 6.62. The molecule has 6 heteroatoms. The van der Waals surface area contributed by atoms with Crippen molar-refractivity contribution in [3.8, 4) is 0 Å². The maximum absolute atomic E-state index is 13.0. The molecule has 0 bridgehead atoms. The maximum Gasteiger partial charge on any atom is 0.229 e. The van der Waals surface area contributed by atoms with Crippen LogP contribution in [0, 0.1) is 5.82 Å². The van der Waals surface area contributed by atoms with Crippen LogP contribution >= 0.6 is 0 Å². The molecule has 5 nitrogen and oxygen atoms in total. The largest absolute Gasteiger partial charge is 0.372 e. The first kappa shape index (κ1) is 17.3. The summed E-state index contributed by atoms with van der Waals surface area (Å²) in [6, 6.07) is 16.3. The van der Waals surface area contributed by atoms with Gasteiger partial charge in [0.1, 0.15) is 11.6 Å². The van der Waals surface area contributed by atoms with Crippen molar-refractivity contribution in [2.24, 2.45) is 0 Å². The van der Waals surface area contributed by atoms with E-state index in [4.69, 9.17) is 0 Å². The number of hydrogen-bond donors (Lipinski definition) is 2. The normalized spacial score (nSPS) is 14.0. The number of benzene rings is 2. The molecule has 0 saturated carbocycles. The highest BCUT2D eigenvalue weighted by molar-refractivity contribution is 5.62. The van der Waals surface area contributed by atoms with Crippen LogP contribution in [0.3, 0.4) is 0 Å². The number of anilines is 5. The molecule has 0 spiro atoms. The van der Waals surface area contributed by atoms with E-state index in [1.54, 1.807) is 18.3 Å². The molecule has 27 heavy (non-hydrogen) atoms. The molecule has 2 heterocycles. The number of halogens is 1. The Kier molecular flexibility index (Phi) is 5.14. The van der Waals surface area contributed by atoms with Crippen molar-refractivity contribution in [1.82, 2.24) is 9.97 Å². The number of nitrogens with one attached hydrogen (secondary N) is 2. The van der Waals surface area contributed by atoms with Crippen LogP contribution in [0.25, 0.3) is 0 Å². The third-order valence-electron chi connectivity index (χ3n) is 4.62. The molecule has 1 aliphatic heterocycles. The molecule has 1 aliphatic rings. The Morgan fingerprint density at radius 3 is 2.19 bits per heavy atom. The molecule has 2 N–H and O–H groups in total. The number of nitrogens with zero attached hydrogens (tertiary/aromatic N) is 3. The number of rotatable bonds is 5. The highest BCUT2D eigenvalue weighted by atomic mass is 19.1. The topological polar surface area (TPSA) is 53.1 Å². The maximum atomic E-state index is 13.0. The lowest BCUT2D eigenvalue weighted by molar-refractivity contribution is 0.578. The van der Waals surface area contributed by atoms with Crippen molar-refractivity contribution in [1.29, 1.82) is 0 Å². The molecule has 0 radical (unpaired) electrons. The molecule has 1 saturated heterocycles. The van der Waals surface area contributed by atoms with Crippen LogP contribution in [0.5, 0.6) is 0 Å². The van der Waals surface area contributed by atoms with E-state index in [2.05, 4.69) is 49.8 Å². The van der Waals surface area contributed by atoms with Gasteiger partial charge in [-0.15, -0.1) is 0 Å². The molecule has 4 rings (SSSR count). The molecule has 2 aromatic carbocycles. The van der Waals surface area contributed by atoms with Gasteiger partial charge in [-0.2, -0.15) is 4.98 Å². The Balaban J connectivity index is 1.42. The zero-order chi connectivity index (χ0) is 18.5. The predicted molar refractivity (Wildman–Crippen MR) is 108 cm³/mol. The molecular formula is C21H22FN5. The van der Waals surface area contributed by atoms with Gasteiger partial charge in [-0.3, -0.25) is 0 Å². The predicted octanol–water partition coefficient (Wildman–Crippen LogP) is 5.09. The van der Waals surface area contributed by atoms with Gasteiger partial charge in [-0.05, 0) is 73.9 Å². The monoisotopic (exact) mass is 363 g/mol. The van der Waals surface area contributed by atoms with Crippen LogP contribution in [0.1, 0.15) is 19.3 Å². The molecule has 1 fully saturated rings. The minimum absolute atomic E-state index is 0.273. The highest BCUT2D eigenvalue weighted by Crippen LogP contribution is 2.23. The summed E-state index contributed by atoms with van der Waals surface area (Å²) < 4.78 is 13.0. The average Bonchev–Trinajstić information content (AvgIpc) is 2.71. The summed E-state index contributed by atoms with van der Waals surface area (Å²) in [6.07, 6.45) is 5.55. The standard InChI is InChI=1S/C21H22FN5/c22-16-4-6-18(7-5-16)25-21-23-13-12-20(26-21)24-17-8-10-19(11-9-17)27-14-2-1-3-15-27/h4-13H,1-3,14-15H2,(H2,23,24,25,26). The van der Waals surface area contributed by atoms with Crippen LogP contribution in [0.2, 0.25) is 0 Å². The fraction of sp³-hybridized carbons (Fsp3) is 0.238. The van der Waals surface area contributed by atoms with E-state index in [9.17, 15) is 4.39 Å². The summed E-state index contributed by atoms with van der Waals surface area (Å²) in [5.74, 6) is 0.877. The zero-order valence-electron chi connectivity index (χ0n) is 15.0. The van der Waals surface area contributed by atoms with E-state index >= 15 is 0 Å². The summed E-state index contributed by atoms with van der Waals surface area (Å²) in [6.45, 7) is 2.27. The number of hydrogen-bond acceptors (Lipinski definition) is 5. The van der Waals surface area contributed by atoms with E-state index in [0.717, 1.165) is 24.5 Å². The van der Waals surface area contributed by atoms with E-state index in [1.807, 2.05) is 6.07 Å². The van der Waals surface area contributed by atoms with Crippen LogP contribution in [-0.2, 0) is 0 Å². The molecule has 0 amide bonds. The molecule has 0 aliphatic carbocycles. The quantitative estimate of drug-likeness (QED) is 0.661. The van der Waals surface area contributed by atoms with Gasteiger partial charge < -0.3 is 15.5 Å². The Morgan fingerprint density at radius 2 is 1.44 bits per heavy atom. The summed E-state index contributed by atoms with van der Waals surface area (Å²) in [5.41, 5.74) is 2.98. The number of piperidine rings is 1. The van der Waals surface area contributed by atoms with Crippen LogP contribution < -0.4 is 15.5 Å². The first-order valence-corrected chi connectivity index (χ1v) is 9.24. The van der Waals surface area contributed by atoms with Gasteiger partial charge in [-0.1, -0.05) is 0 Å². The van der Waals surface area contributed by atoms with Gasteiger partial charge >= 0.3 is 0 Å². The fourth-order valence-electron chi connectivity index (χ4n) is 3.21. The van der Waals surface area contributed by atoms with Gasteiger partial charge in [0.25, 0.3) is 0 Å².